The van der Waals surface area contributed by atoms with E-state index in [-0.39, 0.29) is 18.1 Å². The first-order valence-corrected chi connectivity index (χ1v) is 8.05. The van der Waals surface area contributed by atoms with E-state index in [2.05, 4.69) is 20.2 Å². The number of nitrogens with zero attached hydrogens (tertiary/aromatic N) is 4. The van der Waals surface area contributed by atoms with Crippen molar-refractivity contribution in [3.8, 4) is 0 Å². The molecule has 128 valence electrons. The lowest BCUT2D eigenvalue weighted by atomic mass is 10.2. The first-order valence-electron chi connectivity index (χ1n) is 8.05. The van der Waals surface area contributed by atoms with Gasteiger partial charge in [0.2, 0.25) is 0 Å². The molecule has 1 saturated heterocycles. The highest BCUT2D eigenvalue weighted by atomic mass is 16.5. The van der Waals surface area contributed by atoms with Gasteiger partial charge < -0.3 is 19.5 Å². The van der Waals surface area contributed by atoms with Gasteiger partial charge in [-0.15, -0.1) is 0 Å². The minimum absolute atomic E-state index is 0.0523. The number of hydrogen-bond acceptors (Lipinski definition) is 5. The van der Waals surface area contributed by atoms with Gasteiger partial charge >= 0.3 is 0 Å². The van der Waals surface area contributed by atoms with Crippen molar-refractivity contribution in [1.29, 1.82) is 0 Å². The number of nitrogens with one attached hydrogen (secondary N) is 1. The van der Waals surface area contributed by atoms with Crippen LogP contribution in [0, 0.1) is 6.92 Å². The Kier molecular flexibility index (Phi) is 4.80. The fraction of sp³-hybridized carbons (Fsp3) is 0.471. The van der Waals surface area contributed by atoms with E-state index in [1.54, 1.807) is 19.6 Å². The molecular formula is C17H23N5O2. The van der Waals surface area contributed by atoms with Crippen LogP contribution in [0.1, 0.15) is 22.5 Å². The van der Waals surface area contributed by atoms with Crippen LogP contribution in [0.5, 0.6) is 0 Å². The number of carbonyl (C=O) groups is 1. The van der Waals surface area contributed by atoms with Gasteiger partial charge in [-0.2, -0.15) is 0 Å². The van der Waals surface area contributed by atoms with Gasteiger partial charge in [-0.25, -0.2) is 9.97 Å². The van der Waals surface area contributed by atoms with Crippen LogP contribution in [0.4, 0.5) is 5.82 Å². The third-order valence-corrected chi connectivity index (χ3v) is 4.56. The second-order valence-electron chi connectivity index (χ2n) is 6.14. The molecule has 0 unspecified atom stereocenters. The third-order valence-electron chi connectivity index (χ3n) is 4.56. The average Bonchev–Trinajstić information content (AvgIpc) is 3.16. The summed E-state index contributed by atoms with van der Waals surface area (Å²) in [4.78, 5) is 23.0. The predicted octanol–water partition coefficient (Wildman–Crippen LogP) is 1.15. The number of methoxy groups -OCH3 is 1. The lowest BCUT2D eigenvalue weighted by molar-refractivity contribution is 0.0937. The summed E-state index contributed by atoms with van der Waals surface area (Å²) in [5.74, 6) is 0.808. The zero-order chi connectivity index (χ0) is 17.1. The number of rotatable bonds is 5. The van der Waals surface area contributed by atoms with Crippen molar-refractivity contribution in [1.82, 2.24) is 19.9 Å². The third kappa shape index (κ3) is 3.26. The second kappa shape index (κ2) is 7.00. The van der Waals surface area contributed by atoms with Crippen molar-refractivity contribution < 1.29 is 9.53 Å². The number of anilines is 1. The molecular weight excluding hydrogens is 306 g/mol. The van der Waals surface area contributed by atoms with Crippen molar-refractivity contribution in [2.75, 3.05) is 25.1 Å². The summed E-state index contributed by atoms with van der Waals surface area (Å²) >= 11 is 0. The Labute approximate surface area is 141 Å². The number of hydrogen-bond donors (Lipinski definition) is 1. The SMILES string of the molecule is CO[C@@H]1C[C@H](CNC(=O)c2c(C)ccn2C)N(c2ccncn2)C1. The number of carbonyl (C=O) groups excluding carboxylic acids is 1. The first kappa shape index (κ1) is 16.4. The molecule has 7 nitrogen and oxygen atoms in total. The summed E-state index contributed by atoms with van der Waals surface area (Å²) in [6.07, 6.45) is 6.16. The summed E-state index contributed by atoms with van der Waals surface area (Å²) in [5.41, 5.74) is 1.67. The molecule has 1 fully saturated rings. The Morgan fingerprint density at radius 1 is 1.46 bits per heavy atom. The molecule has 3 rings (SSSR count). The molecule has 2 atom stereocenters. The monoisotopic (exact) mass is 329 g/mol. The zero-order valence-electron chi connectivity index (χ0n) is 14.3. The van der Waals surface area contributed by atoms with Crippen LogP contribution in [0.15, 0.2) is 30.9 Å². The highest BCUT2D eigenvalue weighted by Gasteiger charge is 2.33. The Morgan fingerprint density at radius 2 is 2.29 bits per heavy atom. The summed E-state index contributed by atoms with van der Waals surface area (Å²) < 4.78 is 7.36. The van der Waals surface area contributed by atoms with Gasteiger partial charge in [-0.05, 0) is 31.0 Å². The van der Waals surface area contributed by atoms with Crippen LogP contribution in [-0.4, -0.2) is 52.8 Å². The van der Waals surface area contributed by atoms with E-state index >= 15 is 0 Å². The van der Waals surface area contributed by atoms with E-state index < -0.39 is 0 Å². The maximum Gasteiger partial charge on any atom is 0.268 e. The van der Waals surface area contributed by atoms with E-state index in [0.29, 0.717) is 12.2 Å². The largest absolute Gasteiger partial charge is 0.380 e. The van der Waals surface area contributed by atoms with Gasteiger partial charge in [-0.1, -0.05) is 0 Å². The van der Waals surface area contributed by atoms with Crippen LogP contribution in [-0.2, 0) is 11.8 Å². The summed E-state index contributed by atoms with van der Waals surface area (Å²) in [6, 6.07) is 3.97. The molecule has 0 aromatic carbocycles. The van der Waals surface area contributed by atoms with E-state index in [4.69, 9.17) is 4.74 Å². The van der Waals surface area contributed by atoms with Crippen molar-refractivity contribution >= 4 is 11.7 Å². The molecule has 1 N–H and O–H groups in total. The zero-order valence-corrected chi connectivity index (χ0v) is 14.3. The Balaban J connectivity index is 1.69. The van der Waals surface area contributed by atoms with Gasteiger partial charge in [0, 0.05) is 39.6 Å². The van der Waals surface area contributed by atoms with Crippen LogP contribution in [0.25, 0.3) is 0 Å². The molecule has 0 saturated carbocycles. The van der Waals surface area contributed by atoms with E-state index in [9.17, 15) is 4.79 Å². The molecule has 0 aliphatic carbocycles. The molecule has 0 bridgehead atoms. The van der Waals surface area contributed by atoms with Crippen molar-refractivity contribution in [3.05, 3.63) is 42.1 Å². The molecule has 1 amide bonds. The lowest BCUT2D eigenvalue weighted by Gasteiger charge is -2.25. The predicted molar refractivity (Wildman–Crippen MR) is 91.1 cm³/mol. The Morgan fingerprint density at radius 3 is 2.92 bits per heavy atom. The minimum atomic E-state index is -0.0523. The fourth-order valence-corrected chi connectivity index (χ4v) is 3.26. The molecule has 1 aliphatic heterocycles. The molecule has 0 spiro atoms. The van der Waals surface area contributed by atoms with Gasteiger partial charge in [0.05, 0.1) is 12.1 Å². The number of ether oxygens (including phenoxy) is 1. The summed E-state index contributed by atoms with van der Waals surface area (Å²) in [5, 5.41) is 3.05. The quantitative estimate of drug-likeness (QED) is 0.891. The van der Waals surface area contributed by atoms with Crippen molar-refractivity contribution in [2.45, 2.75) is 25.5 Å². The van der Waals surface area contributed by atoms with Crippen LogP contribution in [0.3, 0.4) is 0 Å². The maximum atomic E-state index is 12.5. The summed E-state index contributed by atoms with van der Waals surface area (Å²) in [6.45, 7) is 3.25. The topological polar surface area (TPSA) is 72.3 Å². The highest BCUT2D eigenvalue weighted by molar-refractivity contribution is 5.94. The maximum absolute atomic E-state index is 12.5. The number of aromatic nitrogens is 3. The normalized spacial score (nSPS) is 20.4. The molecule has 3 heterocycles. The molecule has 7 heteroatoms. The van der Waals surface area contributed by atoms with E-state index in [1.807, 2.05) is 36.9 Å². The second-order valence-corrected chi connectivity index (χ2v) is 6.14. The molecule has 2 aromatic rings. The molecule has 0 radical (unpaired) electrons. The van der Waals surface area contributed by atoms with Gasteiger partial charge in [-0.3, -0.25) is 4.79 Å². The lowest BCUT2D eigenvalue weighted by Crippen LogP contribution is -2.41. The van der Waals surface area contributed by atoms with Gasteiger partial charge in [0.15, 0.2) is 0 Å². The van der Waals surface area contributed by atoms with Crippen LogP contribution in [0.2, 0.25) is 0 Å². The Hall–Kier alpha value is -2.41. The van der Waals surface area contributed by atoms with Crippen molar-refractivity contribution in [3.63, 3.8) is 0 Å². The van der Waals surface area contributed by atoms with Gasteiger partial charge in [0.25, 0.3) is 5.91 Å². The van der Waals surface area contributed by atoms with Crippen LogP contribution < -0.4 is 10.2 Å². The average molecular weight is 329 g/mol. The molecule has 1 aliphatic rings. The Bertz CT molecular complexity index is 681. The standard InChI is InChI=1S/C17H23N5O2/c1-12-5-7-21(2)16(12)17(23)19-9-13-8-14(24-3)10-22(13)15-4-6-18-11-20-15/h4-7,11,13-14H,8-10H2,1-3H3,(H,19,23)/t13-,14-/m1/s1. The number of aryl methyl sites for hydroxylation is 2. The minimum Gasteiger partial charge on any atom is -0.380 e. The molecule has 24 heavy (non-hydrogen) atoms. The highest BCUT2D eigenvalue weighted by Crippen LogP contribution is 2.24. The van der Waals surface area contributed by atoms with E-state index in [1.165, 1.54) is 0 Å². The smallest absolute Gasteiger partial charge is 0.268 e. The van der Waals surface area contributed by atoms with E-state index in [0.717, 1.165) is 24.3 Å². The molecule has 2 aromatic heterocycles. The van der Waals surface area contributed by atoms with Crippen LogP contribution >= 0.6 is 0 Å². The fourth-order valence-electron chi connectivity index (χ4n) is 3.26. The number of amides is 1. The van der Waals surface area contributed by atoms with Crippen molar-refractivity contribution in [2.24, 2.45) is 7.05 Å². The summed E-state index contributed by atoms with van der Waals surface area (Å²) in [7, 11) is 3.60. The first-order chi connectivity index (χ1) is 11.6. The van der Waals surface area contributed by atoms with Gasteiger partial charge in [0.1, 0.15) is 17.8 Å².